The zero-order valence-electron chi connectivity index (χ0n) is 15.3. The average Bonchev–Trinajstić information content (AvgIpc) is 3.10. The van der Waals surface area contributed by atoms with Crippen LogP contribution in [0.2, 0.25) is 0 Å². The Labute approximate surface area is 158 Å². The van der Waals surface area contributed by atoms with Gasteiger partial charge in [-0.05, 0) is 55.0 Å². The molecule has 1 aromatic heterocycles. The van der Waals surface area contributed by atoms with Crippen LogP contribution in [0.4, 0.5) is 5.69 Å². The van der Waals surface area contributed by atoms with E-state index in [4.69, 9.17) is 4.74 Å². The van der Waals surface area contributed by atoms with E-state index in [0.717, 1.165) is 34.5 Å². The Balaban J connectivity index is 1.64. The second kappa shape index (κ2) is 8.19. The van der Waals surface area contributed by atoms with Gasteiger partial charge in [-0.2, -0.15) is 0 Å². The van der Waals surface area contributed by atoms with Gasteiger partial charge < -0.3 is 10.1 Å². The molecular weight excluding hydrogens is 342 g/mol. The Morgan fingerprint density at radius 2 is 1.92 bits per heavy atom. The number of hydrogen-bond acceptors (Lipinski definition) is 3. The average molecular weight is 365 g/mol. The van der Waals surface area contributed by atoms with E-state index >= 15 is 0 Å². The van der Waals surface area contributed by atoms with Crippen molar-refractivity contribution in [3.05, 3.63) is 81.0 Å². The standard InChI is InChI=1S/C22H23NO2S/c1-4-18-7-5-6-8-19(18)23-22(24)21-12-17(14-26-21)13-25-20-10-9-15(2)11-16(20)3/h5-12,14H,4,13H2,1-3H3,(H,23,24). The summed E-state index contributed by atoms with van der Waals surface area (Å²) < 4.78 is 5.90. The van der Waals surface area contributed by atoms with E-state index in [2.05, 4.69) is 25.2 Å². The zero-order chi connectivity index (χ0) is 18.5. The van der Waals surface area contributed by atoms with E-state index in [1.807, 2.05) is 54.8 Å². The predicted octanol–water partition coefficient (Wildman–Crippen LogP) is 5.76. The van der Waals surface area contributed by atoms with Crippen LogP contribution in [0.1, 0.15) is 38.8 Å². The lowest BCUT2D eigenvalue weighted by molar-refractivity contribution is 0.103. The minimum atomic E-state index is -0.0753. The molecule has 0 bridgehead atoms. The minimum Gasteiger partial charge on any atom is -0.489 e. The first-order valence-corrected chi connectivity index (χ1v) is 9.61. The second-order valence-electron chi connectivity index (χ2n) is 6.34. The summed E-state index contributed by atoms with van der Waals surface area (Å²) in [6.45, 7) is 6.65. The van der Waals surface area contributed by atoms with Gasteiger partial charge in [0.15, 0.2) is 0 Å². The molecule has 0 aliphatic rings. The summed E-state index contributed by atoms with van der Waals surface area (Å²) >= 11 is 1.44. The maximum atomic E-state index is 12.5. The lowest BCUT2D eigenvalue weighted by Gasteiger charge is -2.09. The fourth-order valence-electron chi connectivity index (χ4n) is 2.83. The SMILES string of the molecule is CCc1ccccc1NC(=O)c1cc(COc2ccc(C)cc2C)cs1. The topological polar surface area (TPSA) is 38.3 Å². The van der Waals surface area contributed by atoms with Crippen molar-refractivity contribution in [3.8, 4) is 5.75 Å². The second-order valence-corrected chi connectivity index (χ2v) is 7.25. The molecule has 134 valence electrons. The largest absolute Gasteiger partial charge is 0.489 e. The molecule has 0 spiro atoms. The van der Waals surface area contributed by atoms with Crippen molar-refractivity contribution in [1.82, 2.24) is 0 Å². The van der Waals surface area contributed by atoms with E-state index in [1.54, 1.807) is 0 Å². The number of anilines is 1. The third-order valence-corrected chi connectivity index (χ3v) is 5.23. The number of rotatable bonds is 6. The van der Waals surface area contributed by atoms with Gasteiger partial charge in [0.2, 0.25) is 0 Å². The Morgan fingerprint density at radius 3 is 2.69 bits per heavy atom. The monoisotopic (exact) mass is 365 g/mol. The first-order chi connectivity index (χ1) is 12.6. The molecule has 0 atom stereocenters. The molecule has 1 heterocycles. The molecule has 4 heteroatoms. The third-order valence-electron chi connectivity index (χ3n) is 4.25. The highest BCUT2D eigenvalue weighted by molar-refractivity contribution is 7.12. The molecule has 0 saturated heterocycles. The van der Waals surface area contributed by atoms with Crippen LogP contribution < -0.4 is 10.1 Å². The van der Waals surface area contributed by atoms with Gasteiger partial charge in [-0.25, -0.2) is 0 Å². The van der Waals surface area contributed by atoms with Gasteiger partial charge in [-0.15, -0.1) is 11.3 Å². The molecule has 1 N–H and O–H groups in total. The minimum absolute atomic E-state index is 0.0753. The maximum absolute atomic E-state index is 12.5. The van der Waals surface area contributed by atoms with Gasteiger partial charge in [0.05, 0.1) is 4.88 Å². The van der Waals surface area contributed by atoms with Crippen LogP contribution in [0.3, 0.4) is 0 Å². The van der Waals surface area contributed by atoms with Crippen LogP contribution in [0, 0.1) is 13.8 Å². The van der Waals surface area contributed by atoms with E-state index in [1.165, 1.54) is 16.9 Å². The van der Waals surface area contributed by atoms with Crippen molar-refractivity contribution in [1.29, 1.82) is 0 Å². The first kappa shape index (κ1) is 18.2. The Morgan fingerprint density at radius 1 is 1.12 bits per heavy atom. The maximum Gasteiger partial charge on any atom is 0.265 e. The van der Waals surface area contributed by atoms with E-state index in [-0.39, 0.29) is 5.91 Å². The summed E-state index contributed by atoms with van der Waals surface area (Å²) in [6.07, 6.45) is 0.885. The first-order valence-electron chi connectivity index (χ1n) is 8.73. The third kappa shape index (κ3) is 4.33. The summed E-state index contributed by atoms with van der Waals surface area (Å²) in [7, 11) is 0. The normalized spacial score (nSPS) is 10.6. The molecule has 0 unspecified atom stereocenters. The number of para-hydroxylation sites is 1. The molecule has 1 amide bonds. The molecule has 26 heavy (non-hydrogen) atoms. The Hall–Kier alpha value is -2.59. The summed E-state index contributed by atoms with van der Waals surface area (Å²) in [6, 6.07) is 15.9. The van der Waals surface area contributed by atoms with Gasteiger partial charge in [0.25, 0.3) is 5.91 Å². The number of amides is 1. The molecule has 3 rings (SSSR count). The van der Waals surface area contributed by atoms with Crippen LogP contribution in [0.5, 0.6) is 5.75 Å². The fraction of sp³-hybridized carbons (Fsp3) is 0.227. The molecule has 0 fully saturated rings. The van der Waals surface area contributed by atoms with Crippen molar-refractivity contribution < 1.29 is 9.53 Å². The summed E-state index contributed by atoms with van der Waals surface area (Å²) in [5, 5.41) is 4.99. The van der Waals surface area contributed by atoms with Crippen LogP contribution in [0.15, 0.2) is 53.9 Å². The number of thiophene rings is 1. The van der Waals surface area contributed by atoms with E-state index < -0.39 is 0 Å². The summed E-state index contributed by atoms with van der Waals surface area (Å²) in [5.41, 5.74) is 5.35. The zero-order valence-corrected chi connectivity index (χ0v) is 16.2. The van der Waals surface area contributed by atoms with Gasteiger partial charge in [0.1, 0.15) is 12.4 Å². The number of carbonyl (C=O) groups is 1. The van der Waals surface area contributed by atoms with Crippen molar-refractivity contribution in [2.45, 2.75) is 33.8 Å². The molecule has 0 aliphatic heterocycles. The van der Waals surface area contributed by atoms with Crippen LogP contribution in [0.25, 0.3) is 0 Å². The molecule has 3 aromatic rings. The van der Waals surface area contributed by atoms with E-state index in [9.17, 15) is 4.79 Å². The smallest absolute Gasteiger partial charge is 0.265 e. The van der Waals surface area contributed by atoms with Crippen LogP contribution >= 0.6 is 11.3 Å². The number of benzene rings is 2. The predicted molar refractivity (Wildman–Crippen MR) is 108 cm³/mol. The Kier molecular flexibility index (Phi) is 5.74. The Bertz CT molecular complexity index is 914. The highest BCUT2D eigenvalue weighted by atomic mass is 32.1. The van der Waals surface area contributed by atoms with Gasteiger partial charge >= 0.3 is 0 Å². The summed E-state index contributed by atoms with van der Waals surface area (Å²) in [5.74, 6) is 0.804. The van der Waals surface area contributed by atoms with Crippen molar-refractivity contribution >= 4 is 22.9 Å². The lowest BCUT2D eigenvalue weighted by atomic mass is 10.1. The van der Waals surface area contributed by atoms with Crippen molar-refractivity contribution in [2.75, 3.05) is 5.32 Å². The number of nitrogens with one attached hydrogen (secondary N) is 1. The lowest BCUT2D eigenvalue weighted by Crippen LogP contribution is -2.11. The molecular formula is C22H23NO2S. The number of aryl methyl sites for hydroxylation is 3. The van der Waals surface area contributed by atoms with Crippen LogP contribution in [-0.2, 0) is 13.0 Å². The molecule has 0 aliphatic carbocycles. The number of hydrogen-bond donors (Lipinski definition) is 1. The number of ether oxygens (including phenoxy) is 1. The van der Waals surface area contributed by atoms with Crippen molar-refractivity contribution in [3.63, 3.8) is 0 Å². The molecule has 3 nitrogen and oxygen atoms in total. The molecule has 2 aromatic carbocycles. The quantitative estimate of drug-likeness (QED) is 0.603. The van der Waals surface area contributed by atoms with Crippen LogP contribution in [-0.4, -0.2) is 5.91 Å². The van der Waals surface area contributed by atoms with E-state index in [0.29, 0.717) is 11.5 Å². The number of carbonyl (C=O) groups excluding carboxylic acids is 1. The highest BCUT2D eigenvalue weighted by Crippen LogP contribution is 2.23. The van der Waals surface area contributed by atoms with Gasteiger partial charge in [-0.3, -0.25) is 4.79 Å². The van der Waals surface area contributed by atoms with Crippen molar-refractivity contribution in [2.24, 2.45) is 0 Å². The molecule has 0 saturated carbocycles. The van der Waals surface area contributed by atoms with Gasteiger partial charge in [-0.1, -0.05) is 42.8 Å². The summed E-state index contributed by atoms with van der Waals surface area (Å²) in [4.78, 5) is 13.2. The van der Waals surface area contributed by atoms with Gasteiger partial charge in [0, 0.05) is 11.3 Å². The molecule has 0 radical (unpaired) electrons. The highest BCUT2D eigenvalue weighted by Gasteiger charge is 2.12. The fourth-order valence-corrected chi connectivity index (χ4v) is 3.62.